The fourth-order valence-corrected chi connectivity index (χ4v) is 1.48. The van der Waals surface area contributed by atoms with Crippen LogP contribution in [0.4, 0.5) is 9.59 Å². The van der Waals surface area contributed by atoms with Gasteiger partial charge in [-0.05, 0) is 12.2 Å². The van der Waals surface area contributed by atoms with Gasteiger partial charge < -0.3 is 44.6 Å². The molecule has 2 amide bonds. The first-order chi connectivity index (χ1) is 8.61. The molecule has 2 rings (SSSR count). The van der Waals surface area contributed by atoms with Crippen LogP contribution >= 0.6 is 0 Å². The summed E-state index contributed by atoms with van der Waals surface area (Å²) in [5.41, 5.74) is 0. The van der Waals surface area contributed by atoms with Crippen molar-refractivity contribution in [2.24, 2.45) is 0 Å². The van der Waals surface area contributed by atoms with Crippen molar-refractivity contribution >= 4 is 35.7 Å². The van der Waals surface area contributed by atoms with Gasteiger partial charge in [-0.25, -0.2) is 0 Å². The van der Waals surface area contributed by atoms with E-state index in [9.17, 15) is 9.59 Å². The van der Waals surface area contributed by atoms with Gasteiger partial charge in [-0.3, -0.25) is 0 Å². The predicted molar refractivity (Wildman–Crippen MR) is 75.5 cm³/mol. The van der Waals surface area contributed by atoms with Crippen LogP contribution in [0.1, 0.15) is 0 Å². The molecule has 0 aromatic heterocycles. The number of allylic oxidation sites excluding steroid dienone is 4. The molecule has 105 valence electrons. The van der Waals surface area contributed by atoms with E-state index >= 15 is 0 Å². The molecule has 2 aliphatic heterocycles. The van der Waals surface area contributed by atoms with Gasteiger partial charge in [-0.15, -0.1) is 0 Å². The molecule has 0 unspecified atom stereocenters. The largest absolute Gasteiger partial charge is 2.00 e. The first kappa shape index (κ1) is 17.9. The van der Waals surface area contributed by atoms with Gasteiger partial charge in [0.1, 0.15) is 10.5 Å². The molecular weight excluding hydrogens is 332 g/mol. The third-order valence-electron chi connectivity index (χ3n) is 2.10. The molecule has 0 N–H and O–H groups in total. The minimum atomic E-state index is -0.324. The Labute approximate surface area is 134 Å². The monoisotopic (exact) mass is 343 g/mol. The van der Waals surface area contributed by atoms with Crippen molar-refractivity contribution < 1.29 is 26.7 Å². The van der Waals surface area contributed by atoms with E-state index in [1.807, 2.05) is 24.3 Å². The molecular formula is C12H12CuN2O2S2. The fraction of sp³-hybridized carbons (Fsp3) is 0.167. The summed E-state index contributed by atoms with van der Waals surface area (Å²) in [5, 5.41) is -0.647. The van der Waals surface area contributed by atoms with Crippen molar-refractivity contribution in [1.82, 2.24) is 9.80 Å². The normalized spacial score (nSPS) is 15.4. The molecule has 19 heavy (non-hydrogen) atoms. The number of carbonyl (C=O) groups is 2. The molecule has 0 bridgehead atoms. The minimum absolute atomic E-state index is 0. The van der Waals surface area contributed by atoms with Gasteiger partial charge in [-0.2, -0.15) is 0 Å². The number of amides is 2. The van der Waals surface area contributed by atoms with E-state index in [1.54, 1.807) is 24.6 Å². The Kier molecular flexibility index (Phi) is 9.16. The average Bonchev–Trinajstić information content (AvgIpc) is 2.41. The molecule has 0 aromatic rings. The van der Waals surface area contributed by atoms with Gasteiger partial charge in [0.15, 0.2) is 0 Å². The van der Waals surface area contributed by atoms with Crippen molar-refractivity contribution in [2.75, 3.05) is 13.1 Å². The smallest absolute Gasteiger partial charge is 0.719 e. The molecule has 0 atom stereocenters. The van der Waals surface area contributed by atoms with E-state index < -0.39 is 0 Å². The molecule has 0 aliphatic carbocycles. The molecule has 4 nitrogen and oxygen atoms in total. The second-order valence-electron chi connectivity index (χ2n) is 3.38. The zero-order valence-electron chi connectivity index (χ0n) is 9.86. The topological polar surface area (TPSA) is 40.6 Å². The summed E-state index contributed by atoms with van der Waals surface area (Å²) in [5.74, 6) is 0. The zero-order valence-corrected chi connectivity index (χ0v) is 12.4. The minimum Gasteiger partial charge on any atom is -0.719 e. The summed E-state index contributed by atoms with van der Waals surface area (Å²) in [6.07, 6.45) is 14.4. The molecule has 7 heteroatoms. The van der Waals surface area contributed by atoms with Gasteiger partial charge in [0.2, 0.25) is 0 Å². The fourth-order valence-electron chi connectivity index (χ4n) is 1.21. The molecule has 0 aromatic carbocycles. The van der Waals surface area contributed by atoms with Crippen molar-refractivity contribution in [3.8, 4) is 0 Å². The molecule has 0 spiro atoms. The summed E-state index contributed by atoms with van der Waals surface area (Å²) >= 11 is 8.80. The Morgan fingerprint density at radius 1 is 0.789 bits per heavy atom. The molecule has 2 heterocycles. The van der Waals surface area contributed by atoms with E-state index in [1.165, 1.54) is 9.80 Å². The number of hydrogen-bond donors (Lipinski definition) is 0. The van der Waals surface area contributed by atoms with E-state index in [0.717, 1.165) is 0 Å². The van der Waals surface area contributed by atoms with Crippen LogP contribution < -0.4 is 0 Å². The summed E-state index contributed by atoms with van der Waals surface area (Å²) in [6.45, 7) is 1.22. The van der Waals surface area contributed by atoms with Gasteiger partial charge in [0.25, 0.3) is 0 Å². The maximum absolute atomic E-state index is 10.5. The Bertz CT molecular complexity index is 393. The van der Waals surface area contributed by atoms with Crippen LogP contribution in [0.3, 0.4) is 0 Å². The van der Waals surface area contributed by atoms with Crippen molar-refractivity contribution in [3.05, 3.63) is 48.9 Å². The molecule has 0 saturated carbocycles. The molecule has 0 saturated heterocycles. The van der Waals surface area contributed by atoms with Crippen LogP contribution in [0.2, 0.25) is 0 Å². The van der Waals surface area contributed by atoms with E-state index in [2.05, 4.69) is 25.3 Å². The van der Waals surface area contributed by atoms with Crippen LogP contribution in [-0.4, -0.2) is 33.4 Å². The second kappa shape index (κ2) is 9.75. The molecule has 1 radical (unpaired) electrons. The quantitative estimate of drug-likeness (QED) is 0.499. The van der Waals surface area contributed by atoms with E-state index in [-0.39, 0.29) is 27.5 Å². The van der Waals surface area contributed by atoms with Gasteiger partial charge in [0.05, 0.1) is 0 Å². The Morgan fingerprint density at radius 3 is 1.32 bits per heavy atom. The molecule has 0 fully saturated rings. The van der Waals surface area contributed by atoms with Crippen LogP contribution in [-0.2, 0) is 42.3 Å². The van der Waals surface area contributed by atoms with Crippen molar-refractivity contribution in [2.45, 2.75) is 0 Å². The number of nitrogens with zero attached hydrogens (tertiary/aromatic N) is 2. The maximum atomic E-state index is 10.5. The third-order valence-corrected chi connectivity index (χ3v) is 2.57. The van der Waals surface area contributed by atoms with Gasteiger partial charge in [-0.1, -0.05) is 24.3 Å². The Hall–Kier alpha value is -1.14. The Balaban J connectivity index is 0.000000324. The SMILES string of the molecule is O=C([S-])N1C=CC=CC1.O=C([S-])N1C=CC=CC1.[Cu+2]. The van der Waals surface area contributed by atoms with Crippen molar-refractivity contribution in [1.29, 1.82) is 0 Å². The van der Waals surface area contributed by atoms with Crippen molar-refractivity contribution in [3.63, 3.8) is 0 Å². The van der Waals surface area contributed by atoms with E-state index in [0.29, 0.717) is 13.1 Å². The standard InChI is InChI=1S/2C6H7NOS.Cu/c2*8-6(9)7-4-2-1-3-5-7;/h2*1-4H,5H2,(H,8,9);/q;;+2/p-2. The van der Waals surface area contributed by atoms with Gasteiger partial charge >= 0.3 is 17.1 Å². The van der Waals surface area contributed by atoms with Crippen LogP contribution in [0.15, 0.2) is 48.9 Å². The van der Waals surface area contributed by atoms with E-state index in [4.69, 9.17) is 0 Å². The number of hydrogen-bond acceptors (Lipinski definition) is 4. The Morgan fingerprint density at radius 2 is 1.16 bits per heavy atom. The predicted octanol–water partition coefficient (Wildman–Crippen LogP) is 2.08. The van der Waals surface area contributed by atoms with Crippen LogP contribution in [0.25, 0.3) is 0 Å². The first-order valence-electron chi connectivity index (χ1n) is 5.23. The summed E-state index contributed by atoms with van der Waals surface area (Å²) < 4.78 is 0. The number of rotatable bonds is 0. The molecule has 2 aliphatic rings. The summed E-state index contributed by atoms with van der Waals surface area (Å²) in [6, 6.07) is 0. The van der Waals surface area contributed by atoms with Crippen LogP contribution in [0.5, 0.6) is 0 Å². The second-order valence-corrected chi connectivity index (χ2v) is 4.07. The third kappa shape index (κ3) is 7.12. The summed E-state index contributed by atoms with van der Waals surface area (Å²) in [7, 11) is 0. The average molecular weight is 344 g/mol. The number of carbonyl (C=O) groups excluding carboxylic acids is 2. The van der Waals surface area contributed by atoms with Gasteiger partial charge in [0, 0.05) is 25.5 Å². The maximum Gasteiger partial charge on any atom is 2.00 e. The zero-order chi connectivity index (χ0) is 13.4. The van der Waals surface area contributed by atoms with Crippen LogP contribution in [0, 0.1) is 0 Å². The first-order valence-corrected chi connectivity index (χ1v) is 6.05. The summed E-state index contributed by atoms with van der Waals surface area (Å²) in [4.78, 5) is 23.8.